The molecule has 0 aliphatic heterocycles. The van der Waals surface area contributed by atoms with Crippen molar-refractivity contribution in [3.8, 4) is 0 Å². The molecule has 1 radical (unpaired) electrons. The number of hydrogen-bond acceptors (Lipinski definition) is 1. The van der Waals surface area contributed by atoms with E-state index in [0.717, 1.165) is 0 Å². The zero-order chi connectivity index (χ0) is 8.53. The zero-order valence-corrected chi connectivity index (χ0v) is 8.40. The Morgan fingerprint density at radius 3 is 1.91 bits per heavy atom. The molecule has 0 heterocycles. The van der Waals surface area contributed by atoms with Crippen molar-refractivity contribution in [2.45, 2.75) is 46.5 Å². The summed E-state index contributed by atoms with van der Waals surface area (Å²) in [6.45, 7) is 10.5. The van der Waals surface area contributed by atoms with Gasteiger partial charge >= 0.3 is 0 Å². The summed E-state index contributed by atoms with van der Waals surface area (Å²) >= 11 is 0. The molecular weight excluding hydrogens is 134 g/mol. The largest absolute Gasteiger partial charge is 0.171 e. The Morgan fingerprint density at radius 2 is 1.45 bits per heavy atom. The van der Waals surface area contributed by atoms with E-state index >= 15 is 0 Å². The van der Waals surface area contributed by atoms with Crippen molar-refractivity contribution in [1.29, 1.82) is 0 Å². The van der Waals surface area contributed by atoms with Gasteiger partial charge in [-0.05, 0) is 20.3 Å². The van der Waals surface area contributed by atoms with Crippen LogP contribution >= 0.6 is 0 Å². The summed E-state index contributed by atoms with van der Waals surface area (Å²) in [5, 5.41) is 0. The topological polar surface area (TPSA) is 5.90 Å². The molecule has 67 valence electrons. The van der Waals surface area contributed by atoms with Crippen molar-refractivity contribution in [3.63, 3.8) is 0 Å². The van der Waals surface area contributed by atoms with E-state index in [9.17, 15) is 0 Å². The lowest BCUT2D eigenvalue weighted by molar-refractivity contribution is 0.425. The fourth-order valence-corrected chi connectivity index (χ4v) is 1.30. The molecule has 0 spiro atoms. The van der Waals surface area contributed by atoms with Gasteiger partial charge < -0.3 is 0 Å². The van der Waals surface area contributed by atoms with Gasteiger partial charge in [0.15, 0.2) is 0 Å². The molecule has 1 nitrogen and oxygen atoms in total. The Balaban J connectivity index is 3.07. The Bertz CT molecular complexity index is 67.3. The van der Waals surface area contributed by atoms with Crippen LogP contribution in [0.5, 0.6) is 0 Å². The number of rotatable bonds is 7. The summed E-state index contributed by atoms with van der Waals surface area (Å²) in [7, 11) is 0. The fourth-order valence-electron chi connectivity index (χ4n) is 1.30. The minimum atomic E-state index is 1.21. The summed E-state index contributed by atoms with van der Waals surface area (Å²) in [5.74, 6) is 0. The molecule has 0 fully saturated rings. The third kappa shape index (κ3) is 6.36. The number of hydrogen-bond donors (Lipinski definition) is 0. The summed E-state index contributed by atoms with van der Waals surface area (Å²) < 4.78 is 0. The lowest BCUT2D eigenvalue weighted by Gasteiger charge is -2.06. The van der Waals surface area contributed by atoms with Crippen molar-refractivity contribution >= 4 is 0 Å². The monoisotopic (exact) mass is 157 g/mol. The average Bonchev–Trinajstić information content (AvgIpc) is 2.05. The molecule has 0 aliphatic rings. The molecule has 0 N–H and O–H groups in total. The number of unbranched alkanes of at least 4 members (excludes halogenated alkanes) is 3. The van der Waals surface area contributed by atoms with Gasteiger partial charge in [-0.2, -0.15) is 4.90 Å². The summed E-state index contributed by atoms with van der Waals surface area (Å²) in [4.78, 5) is 2.50. The molecule has 0 unspecified atom stereocenters. The van der Waals surface area contributed by atoms with E-state index in [0.29, 0.717) is 0 Å². The SMILES string of the molecule is CCCCCC[N+](CC)CC. The van der Waals surface area contributed by atoms with Crippen LogP contribution in [-0.4, -0.2) is 19.6 Å². The van der Waals surface area contributed by atoms with E-state index in [-0.39, 0.29) is 0 Å². The first kappa shape index (κ1) is 11.0. The van der Waals surface area contributed by atoms with Gasteiger partial charge in [-0.1, -0.05) is 19.8 Å². The first-order valence-corrected chi connectivity index (χ1v) is 5.07. The molecule has 0 aromatic rings. The molecule has 0 bridgehead atoms. The fraction of sp³-hybridized carbons (Fsp3) is 1.00. The molecule has 0 amide bonds. The minimum absolute atomic E-state index is 1.21. The van der Waals surface area contributed by atoms with Crippen LogP contribution in [0.25, 0.3) is 0 Å². The van der Waals surface area contributed by atoms with Crippen LogP contribution in [0, 0.1) is 0 Å². The van der Waals surface area contributed by atoms with Gasteiger partial charge in [0.05, 0.1) is 0 Å². The van der Waals surface area contributed by atoms with Crippen LogP contribution in [-0.2, 0) is 0 Å². The first-order valence-electron chi connectivity index (χ1n) is 5.07. The Morgan fingerprint density at radius 1 is 0.818 bits per heavy atom. The predicted molar refractivity (Wildman–Crippen MR) is 52.2 cm³/mol. The molecule has 0 aliphatic carbocycles. The van der Waals surface area contributed by atoms with Gasteiger partial charge in [0.1, 0.15) is 19.6 Å². The van der Waals surface area contributed by atoms with Crippen molar-refractivity contribution < 1.29 is 0 Å². The standard InChI is InChI=1S/C10H23N/c1-4-7-8-9-10-11(5-2)6-3/h4-10H2,1-3H3/q+1. The van der Waals surface area contributed by atoms with Crippen molar-refractivity contribution in [2.75, 3.05) is 19.6 Å². The van der Waals surface area contributed by atoms with Crippen LogP contribution in [0.1, 0.15) is 46.5 Å². The maximum absolute atomic E-state index is 2.50. The van der Waals surface area contributed by atoms with Crippen LogP contribution in [0.15, 0.2) is 0 Å². The molecule has 0 aromatic carbocycles. The highest BCUT2D eigenvalue weighted by Crippen LogP contribution is 1.99. The smallest absolute Gasteiger partial charge is 0.122 e. The summed E-state index contributed by atoms with van der Waals surface area (Å²) in [6.07, 6.45) is 5.54. The Labute approximate surface area is 71.8 Å². The van der Waals surface area contributed by atoms with E-state index in [2.05, 4.69) is 25.7 Å². The highest BCUT2D eigenvalue weighted by atomic mass is 15.1. The zero-order valence-electron chi connectivity index (χ0n) is 8.40. The maximum Gasteiger partial charge on any atom is 0.122 e. The molecule has 0 saturated carbocycles. The quantitative estimate of drug-likeness (QED) is 0.396. The van der Waals surface area contributed by atoms with Crippen LogP contribution in [0.2, 0.25) is 0 Å². The van der Waals surface area contributed by atoms with Crippen LogP contribution in [0.3, 0.4) is 0 Å². The summed E-state index contributed by atoms with van der Waals surface area (Å²) in [6, 6.07) is 0. The molecule has 0 rings (SSSR count). The molecule has 1 heteroatoms. The number of nitrogens with zero attached hydrogens (tertiary/aromatic N) is 1. The van der Waals surface area contributed by atoms with Crippen molar-refractivity contribution in [1.82, 2.24) is 4.90 Å². The third-order valence-electron chi connectivity index (χ3n) is 2.22. The maximum atomic E-state index is 2.50. The molecule has 0 aromatic heterocycles. The normalized spacial score (nSPS) is 10.9. The minimum Gasteiger partial charge on any atom is -0.171 e. The molecule has 0 saturated heterocycles. The van der Waals surface area contributed by atoms with Crippen LogP contribution in [0.4, 0.5) is 0 Å². The second-order valence-electron chi connectivity index (χ2n) is 3.09. The van der Waals surface area contributed by atoms with Gasteiger partial charge in [-0.15, -0.1) is 0 Å². The lowest BCUT2D eigenvalue weighted by atomic mass is 10.2. The van der Waals surface area contributed by atoms with Gasteiger partial charge in [0, 0.05) is 6.42 Å². The van der Waals surface area contributed by atoms with E-state index in [1.54, 1.807) is 0 Å². The average molecular weight is 157 g/mol. The highest BCUT2D eigenvalue weighted by Gasteiger charge is 2.06. The van der Waals surface area contributed by atoms with Gasteiger partial charge in [0.25, 0.3) is 0 Å². The molecule has 0 atom stereocenters. The van der Waals surface area contributed by atoms with Crippen molar-refractivity contribution in [2.24, 2.45) is 0 Å². The third-order valence-corrected chi connectivity index (χ3v) is 2.22. The first-order chi connectivity index (χ1) is 5.35. The van der Waals surface area contributed by atoms with E-state index in [4.69, 9.17) is 0 Å². The second kappa shape index (κ2) is 8.06. The van der Waals surface area contributed by atoms with Gasteiger partial charge in [-0.25, -0.2) is 0 Å². The lowest BCUT2D eigenvalue weighted by Crippen LogP contribution is -2.30. The highest BCUT2D eigenvalue weighted by molar-refractivity contribution is 4.58. The van der Waals surface area contributed by atoms with Crippen LogP contribution < -0.4 is 4.90 Å². The molecular formula is C10H23N+. The van der Waals surface area contributed by atoms with Gasteiger partial charge in [0.2, 0.25) is 0 Å². The Hall–Kier alpha value is -0.0400. The molecule has 11 heavy (non-hydrogen) atoms. The van der Waals surface area contributed by atoms with E-state index in [1.165, 1.54) is 45.3 Å². The van der Waals surface area contributed by atoms with Gasteiger partial charge in [-0.3, -0.25) is 0 Å². The Kier molecular flexibility index (Phi) is 8.03. The predicted octanol–water partition coefficient (Wildman–Crippen LogP) is 2.75. The second-order valence-corrected chi connectivity index (χ2v) is 3.09. The van der Waals surface area contributed by atoms with Crippen molar-refractivity contribution in [3.05, 3.63) is 0 Å². The summed E-state index contributed by atoms with van der Waals surface area (Å²) in [5.41, 5.74) is 0. The van der Waals surface area contributed by atoms with E-state index < -0.39 is 0 Å². The van der Waals surface area contributed by atoms with E-state index in [1.807, 2.05) is 0 Å².